The van der Waals surface area contributed by atoms with E-state index in [-0.39, 0.29) is 0 Å². The van der Waals surface area contributed by atoms with Gasteiger partial charge in [-0.1, -0.05) is 11.6 Å². The summed E-state index contributed by atoms with van der Waals surface area (Å²) in [7, 11) is 0. The Labute approximate surface area is 45.2 Å². The number of aromatic nitrogens is 2. The van der Waals surface area contributed by atoms with Gasteiger partial charge in [0.1, 0.15) is 5.69 Å². The molecule has 0 bridgehead atoms. The topological polar surface area (TPSA) is 25.8 Å². The maximum atomic E-state index is 5.52. The van der Waals surface area contributed by atoms with Gasteiger partial charge in [0.05, 0.1) is 11.2 Å². The second-order valence-corrected chi connectivity index (χ2v) is 1.80. The van der Waals surface area contributed by atoms with E-state index in [0.717, 1.165) is 11.5 Å². The van der Waals surface area contributed by atoms with E-state index in [4.69, 9.17) is 11.6 Å². The largest absolute Gasteiger partial charge is 0.234 e. The first-order valence-electron chi connectivity index (χ1n) is 1.91. The van der Waals surface area contributed by atoms with Crippen molar-refractivity contribution in [1.82, 2.24) is 9.97 Å². The van der Waals surface area contributed by atoms with Gasteiger partial charge in [-0.15, -0.1) is 0 Å². The van der Waals surface area contributed by atoms with Crippen molar-refractivity contribution < 1.29 is 0 Å². The molecule has 2 nitrogen and oxygen atoms in total. The molecule has 2 aliphatic heterocycles. The van der Waals surface area contributed by atoms with Crippen LogP contribution in [0.25, 0.3) is 11.5 Å². The zero-order valence-electron chi connectivity index (χ0n) is 3.35. The molecular formula is C4HClN2. The molecule has 3 heteroatoms. The molecule has 0 aliphatic carbocycles. The van der Waals surface area contributed by atoms with Crippen LogP contribution in [0.2, 0.25) is 5.02 Å². The number of fused-ring (bicyclic) bond motifs is 1. The van der Waals surface area contributed by atoms with Crippen LogP contribution in [-0.2, 0) is 0 Å². The predicted octanol–water partition coefficient (Wildman–Crippen LogP) is 1.11. The molecule has 2 heterocycles. The summed E-state index contributed by atoms with van der Waals surface area (Å²) in [6.45, 7) is 0. The molecule has 34 valence electrons. The van der Waals surface area contributed by atoms with Crippen LogP contribution >= 0.6 is 11.6 Å². The van der Waals surface area contributed by atoms with Gasteiger partial charge >= 0.3 is 0 Å². The Kier molecular flexibility index (Phi) is 0.383. The van der Waals surface area contributed by atoms with Crippen molar-refractivity contribution in [3.8, 4) is 11.5 Å². The standard InChI is InChI=1S/C4HClN2/c5-2-1-6-4-3(2)7-4/h1H. The van der Waals surface area contributed by atoms with Crippen molar-refractivity contribution in [3.05, 3.63) is 11.2 Å². The first-order valence-corrected chi connectivity index (χ1v) is 2.28. The fourth-order valence-corrected chi connectivity index (χ4v) is 0.683. The average molecular weight is 113 g/mol. The maximum absolute atomic E-state index is 5.52. The highest BCUT2D eigenvalue weighted by molar-refractivity contribution is 6.33. The molecule has 0 radical (unpaired) electrons. The lowest BCUT2D eigenvalue weighted by molar-refractivity contribution is 1.39. The summed E-state index contributed by atoms with van der Waals surface area (Å²) in [6.07, 6.45) is 1.61. The lowest BCUT2D eigenvalue weighted by atomic mass is 10.6. The number of rotatable bonds is 0. The quantitative estimate of drug-likeness (QED) is 0.510. The van der Waals surface area contributed by atoms with E-state index in [0.29, 0.717) is 5.02 Å². The van der Waals surface area contributed by atoms with Gasteiger partial charge in [0.25, 0.3) is 0 Å². The van der Waals surface area contributed by atoms with Crippen LogP contribution in [0.15, 0.2) is 6.20 Å². The highest BCUT2D eigenvalue weighted by Gasteiger charge is 2.20. The summed E-state index contributed by atoms with van der Waals surface area (Å²) in [5.41, 5.74) is 0.877. The second kappa shape index (κ2) is 0.793. The second-order valence-electron chi connectivity index (χ2n) is 1.39. The van der Waals surface area contributed by atoms with E-state index in [2.05, 4.69) is 9.97 Å². The van der Waals surface area contributed by atoms with Gasteiger partial charge in [0.2, 0.25) is 0 Å². The van der Waals surface area contributed by atoms with Gasteiger partial charge in [-0.05, 0) is 0 Å². The molecule has 0 atom stereocenters. The van der Waals surface area contributed by atoms with E-state index < -0.39 is 0 Å². The highest BCUT2D eigenvalue weighted by atomic mass is 35.5. The lowest BCUT2D eigenvalue weighted by Crippen LogP contribution is -1.49. The Morgan fingerprint density at radius 1 is 1.57 bits per heavy atom. The molecule has 0 saturated heterocycles. The van der Waals surface area contributed by atoms with Crippen LogP contribution < -0.4 is 0 Å². The predicted molar refractivity (Wildman–Crippen MR) is 26.0 cm³/mol. The molecule has 0 N–H and O–H groups in total. The van der Waals surface area contributed by atoms with E-state index in [9.17, 15) is 0 Å². The molecule has 0 aromatic carbocycles. The molecule has 0 aromatic heterocycles. The summed E-state index contributed by atoms with van der Waals surface area (Å²) in [5, 5.41) is 0.676. The summed E-state index contributed by atoms with van der Waals surface area (Å²) in [6, 6.07) is 0. The normalized spacial score (nSPS) is 11.6. The molecular weight excluding hydrogens is 112 g/mol. The van der Waals surface area contributed by atoms with Crippen LogP contribution in [0, 0.1) is 0 Å². The Bertz CT molecular complexity index is 221. The Hall–Kier alpha value is -0.630. The fourth-order valence-electron chi connectivity index (χ4n) is 0.507. The van der Waals surface area contributed by atoms with E-state index in [1.54, 1.807) is 6.20 Å². The molecule has 0 unspecified atom stereocenters. The van der Waals surface area contributed by atoms with Crippen LogP contribution in [0.1, 0.15) is 0 Å². The summed E-state index contributed by atoms with van der Waals surface area (Å²) in [4.78, 5) is 7.62. The summed E-state index contributed by atoms with van der Waals surface area (Å²) in [5.74, 6) is 0.810. The minimum atomic E-state index is 0.676. The van der Waals surface area contributed by atoms with E-state index >= 15 is 0 Å². The van der Waals surface area contributed by atoms with Crippen LogP contribution in [0.5, 0.6) is 0 Å². The van der Waals surface area contributed by atoms with E-state index in [1.165, 1.54) is 0 Å². The average Bonchev–Trinajstić information content (AvgIpc) is 2.33. The molecule has 2 aliphatic rings. The minimum absolute atomic E-state index is 0.676. The van der Waals surface area contributed by atoms with Gasteiger partial charge in [-0.2, -0.15) is 0 Å². The Balaban J connectivity index is 2.77. The zero-order valence-corrected chi connectivity index (χ0v) is 4.11. The fraction of sp³-hybridized carbons (Fsp3) is 0. The molecule has 0 aromatic rings. The van der Waals surface area contributed by atoms with Crippen LogP contribution in [0.4, 0.5) is 0 Å². The van der Waals surface area contributed by atoms with Gasteiger partial charge in [0.15, 0.2) is 5.82 Å². The minimum Gasteiger partial charge on any atom is -0.234 e. The SMILES string of the molecule is Clc1cnc2nc1-2. The van der Waals surface area contributed by atoms with Crippen LogP contribution in [0.3, 0.4) is 0 Å². The number of hydrogen-bond acceptors (Lipinski definition) is 2. The Morgan fingerprint density at radius 2 is 2.43 bits per heavy atom. The lowest BCUT2D eigenvalue weighted by Gasteiger charge is -1.63. The molecule has 0 amide bonds. The first-order chi connectivity index (χ1) is 3.38. The van der Waals surface area contributed by atoms with Crippen molar-refractivity contribution in [3.63, 3.8) is 0 Å². The zero-order chi connectivity index (χ0) is 4.85. The van der Waals surface area contributed by atoms with Gasteiger partial charge < -0.3 is 0 Å². The smallest absolute Gasteiger partial charge is 0.180 e. The molecule has 0 saturated carbocycles. The van der Waals surface area contributed by atoms with Crippen molar-refractivity contribution in [2.24, 2.45) is 0 Å². The third-order valence-electron chi connectivity index (χ3n) is 0.906. The van der Waals surface area contributed by atoms with Gasteiger partial charge in [-0.3, -0.25) is 0 Å². The van der Waals surface area contributed by atoms with Gasteiger partial charge in [0, 0.05) is 0 Å². The third kappa shape index (κ3) is 0.295. The molecule has 0 fully saturated rings. The number of halogens is 1. The van der Waals surface area contributed by atoms with Crippen LogP contribution in [-0.4, -0.2) is 9.97 Å². The van der Waals surface area contributed by atoms with Crippen molar-refractivity contribution in [1.29, 1.82) is 0 Å². The molecule has 2 rings (SSSR count). The maximum Gasteiger partial charge on any atom is 0.180 e. The summed E-state index contributed by atoms with van der Waals surface area (Å²) < 4.78 is 0. The number of hydrogen-bond donors (Lipinski definition) is 0. The first kappa shape index (κ1) is 3.38. The van der Waals surface area contributed by atoms with Gasteiger partial charge in [-0.25, -0.2) is 9.97 Å². The number of nitrogens with zero attached hydrogens (tertiary/aromatic N) is 2. The third-order valence-corrected chi connectivity index (χ3v) is 1.18. The summed E-state index contributed by atoms with van der Waals surface area (Å²) >= 11 is 5.52. The van der Waals surface area contributed by atoms with Crippen molar-refractivity contribution in [2.75, 3.05) is 0 Å². The highest BCUT2D eigenvalue weighted by Crippen LogP contribution is 2.32. The molecule has 0 spiro atoms. The van der Waals surface area contributed by atoms with Crippen molar-refractivity contribution >= 4 is 11.6 Å². The Morgan fingerprint density at radius 3 is 2.57 bits per heavy atom. The molecule has 7 heavy (non-hydrogen) atoms. The monoisotopic (exact) mass is 112 g/mol. The van der Waals surface area contributed by atoms with E-state index in [1.807, 2.05) is 0 Å². The van der Waals surface area contributed by atoms with Crippen molar-refractivity contribution in [2.45, 2.75) is 0 Å².